The molecule has 0 aromatic carbocycles. The smallest absolute Gasteiger partial charge is 0.335 e. The summed E-state index contributed by atoms with van der Waals surface area (Å²) in [6.45, 7) is 8.17. The molecule has 4 heteroatoms. The summed E-state index contributed by atoms with van der Waals surface area (Å²) in [6.07, 6.45) is 4.68. The fourth-order valence-electron chi connectivity index (χ4n) is 2.57. The van der Waals surface area contributed by atoms with Crippen LogP contribution in [-0.2, 0) is 14.3 Å². The van der Waals surface area contributed by atoms with Crippen molar-refractivity contribution in [2.24, 2.45) is 5.92 Å². The highest BCUT2D eigenvalue weighted by molar-refractivity contribution is 5.75. The quantitative estimate of drug-likeness (QED) is 0.762. The van der Waals surface area contributed by atoms with Gasteiger partial charge in [0.1, 0.15) is 5.60 Å². The number of rotatable bonds is 6. The summed E-state index contributed by atoms with van der Waals surface area (Å²) in [5, 5.41) is 9.66. The lowest BCUT2D eigenvalue weighted by Crippen LogP contribution is -2.35. The summed E-state index contributed by atoms with van der Waals surface area (Å²) >= 11 is 0. The zero-order valence-corrected chi connectivity index (χ0v) is 13.4. The van der Waals surface area contributed by atoms with E-state index in [1.807, 2.05) is 27.7 Å². The molecular formula is C16H30O4. The van der Waals surface area contributed by atoms with Gasteiger partial charge >= 0.3 is 5.97 Å². The molecule has 0 saturated heterocycles. The number of carbonyl (C=O) groups excluding carboxylic acids is 1. The van der Waals surface area contributed by atoms with Crippen molar-refractivity contribution in [3.63, 3.8) is 0 Å². The normalized spacial score (nSPS) is 25.2. The number of hydrogen-bond donors (Lipinski definition) is 1. The van der Waals surface area contributed by atoms with Gasteiger partial charge in [-0.2, -0.15) is 0 Å². The molecule has 1 fully saturated rings. The van der Waals surface area contributed by atoms with Gasteiger partial charge in [-0.1, -0.05) is 19.8 Å². The largest absolute Gasteiger partial charge is 0.458 e. The molecule has 1 aliphatic carbocycles. The van der Waals surface area contributed by atoms with Crippen molar-refractivity contribution in [3.05, 3.63) is 0 Å². The zero-order chi connectivity index (χ0) is 15.2. The SMILES string of the molecule is CCCC(OCC1CCCC(O)C1)C(=O)OC(C)(C)C. The van der Waals surface area contributed by atoms with Crippen molar-refractivity contribution in [1.82, 2.24) is 0 Å². The van der Waals surface area contributed by atoms with Crippen molar-refractivity contribution < 1.29 is 19.4 Å². The number of aliphatic hydroxyl groups excluding tert-OH is 1. The number of hydrogen-bond acceptors (Lipinski definition) is 4. The minimum absolute atomic E-state index is 0.205. The molecule has 118 valence electrons. The second-order valence-corrected chi connectivity index (χ2v) is 6.83. The lowest BCUT2D eigenvalue weighted by atomic mass is 9.88. The van der Waals surface area contributed by atoms with Crippen LogP contribution in [0.2, 0.25) is 0 Å². The van der Waals surface area contributed by atoms with E-state index in [9.17, 15) is 9.90 Å². The van der Waals surface area contributed by atoms with E-state index in [0.717, 1.165) is 32.1 Å². The molecule has 3 atom stereocenters. The van der Waals surface area contributed by atoms with Crippen LogP contribution in [0.4, 0.5) is 0 Å². The topological polar surface area (TPSA) is 55.8 Å². The molecule has 3 unspecified atom stereocenters. The average molecular weight is 286 g/mol. The standard InChI is InChI=1S/C16H30O4/c1-5-7-14(15(18)20-16(2,3)4)19-11-12-8-6-9-13(17)10-12/h12-14,17H,5-11H2,1-4H3. The van der Waals surface area contributed by atoms with Crippen molar-refractivity contribution in [3.8, 4) is 0 Å². The van der Waals surface area contributed by atoms with Crippen LogP contribution in [0.5, 0.6) is 0 Å². The van der Waals surface area contributed by atoms with Crippen molar-refractivity contribution in [2.75, 3.05) is 6.61 Å². The Morgan fingerprint density at radius 1 is 1.35 bits per heavy atom. The van der Waals surface area contributed by atoms with Crippen LogP contribution in [0.25, 0.3) is 0 Å². The molecule has 0 amide bonds. The third kappa shape index (κ3) is 6.71. The van der Waals surface area contributed by atoms with Crippen LogP contribution in [-0.4, -0.2) is 35.5 Å². The van der Waals surface area contributed by atoms with Crippen LogP contribution in [0.1, 0.15) is 66.2 Å². The second kappa shape index (κ2) is 7.99. The molecule has 0 bridgehead atoms. The first-order chi connectivity index (χ1) is 9.31. The van der Waals surface area contributed by atoms with Gasteiger partial charge in [-0.3, -0.25) is 0 Å². The molecule has 0 aromatic rings. The summed E-state index contributed by atoms with van der Waals surface area (Å²) in [6, 6.07) is 0. The van der Waals surface area contributed by atoms with E-state index in [1.165, 1.54) is 0 Å². The Morgan fingerprint density at radius 3 is 2.60 bits per heavy atom. The Kier molecular flexibility index (Phi) is 6.96. The summed E-state index contributed by atoms with van der Waals surface area (Å²) in [4.78, 5) is 12.1. The lowest BCUT2D eigenvalue weighted by Gasteiger charge is -2.28. The van der Waals surface area contributed by atoms with Gasteiger partial charge < -0.3 is 14.6 Å². The Morgan fingerprint density at radius 2 is 2.05 bits per heavy atom. The number of carbonyl (C=O) groups is 1. The van der Waals surface area contributed by atoms with Crippen molar-refractivity contribution in [2.45, 2.75) is 84.0 Å². The van der Waals surface area contributed by atoms with Gasteiger partial charge in [0.15, 0.2) is 6.10 Å². The average Bonchev–Trinajstić information content (AvgIpc) is 2.32. The summed E-state index contributed by atoms with van der Waals surface area (Å²) in [5.74, 6) is 0.0938. The third-order valence-electron chi connectivity index (χ3n) is 3.51. The van der Waals surface area contributed by atoms with E-state index >= 15 is 0 Å². The Hall–Kier alpha value is -0.610. The van der Waals surface area contributed by atoms with Gasteiger partial charge in [-0.25, -0.2) is 4.79 Å². The van der Waals surface area contributed by atoms with Crippen LogP contribution in [0.3, 0.4) is 0 Å². The van der Waals surface area contributed by atoms with Gasteiger partial charge in [0.05, 0.1) is 12.7 Å². The minimum atomic E-state index is -0.479. The number of ether oxygens (including phenoxy) is 2. The fourth-order valence-corrected chi connectivity index (χ4v) is 2.57. The van der Waals surface area contributed by atoms with Crippen LogP contribution < -0.4 is 0 Å². The third-order valence-corrected chi connectivity index (χ3v) is 3.51. The summed E-state index contributed by atoms with van der Waals surface area (Å²) < 4.78 is 11.2. The zero-order valence-electron chi connectivity index (χ0n) is 13.4. The van der Waals surface area contributed by atoms with Gasteiger partial charge in [0.25, 0.3) is 0 Å². The van der Waals surface area contributed by atoms with E-state index in [2.05, 4.69) is 0 Å². The number of esters is 1. The maximum Gasteiger partial charge on any atom is 0.335 e. The molecule has 0 aromatic heterocycles. The molecular weight excluding hydrogens is 256 g/mol. The minimum Gasteiger partial charge on any atom is -0.458 e. The fraction of sp³-hybridized carbons (Fsp3) is 0.938. The van der Waals surface area contributed by atoms with E-state index in [-0.39, 0.29) is 12.1 Å². The molecule has 0 aliphatic heterocycles. The first-order valence-electron chi connectivity index (χ1n) is 7.84. The van der Waals surface area contributed by atoms with E-state index in [0.29, 0.717) is 18.9 Å². The van der Waals surface area contributed by atoms with Crippen molar-refractivity contribution >= 4 is 5.97 Å². The Bertz CT molecular complexity index is 295. The molecule has 0 spiro atoms. The molecule has 0 radical (unpaired) electrons. The molecule has 1 N–H and O–H groups in total. The van der Waals surface area contributed by atoms with Gasteiger partial charge in [0, 0.05) is 0 Å². The predicted octanol–water partition coefficient (Wildman–Crippen LogP) is 3.06. The Balaban J connectivity index is 2.43. The highest BCUT2D eigenvalue weighted by atomic mass is 16.6. The molecule has 1 aliphatic rings. The van der Waals surface area contributed by atoms with Crippen LogP contribution in [0, 0.1) is 5.92 Å². The maximum atomic E-state index is 12.1. The lowest BCUT2D eigenvalue weighted by molar-refractivity contribution is -0.170. The van der Waals surface area contributed by atoms with E-state index in [4.69, 9.17) is 9.47 Å². The van der Waals surface area contributed by atoms with Gasteiger partial charge in [-0.05, 0) is 52.4 Å². The molecule has 1 saturated carbocycles. The van der Waals surface area contributed by atoms with Crippen LogP contribution in [0.15, 0.2) is 0 Å². The van der Waals surface area contributed by atoms with Gasteiger partial charge in [-0.15, -0.1) is 0 Å². The van der Waals surface area contributed by atoms with E-state index < -0.39 is 11.7 Å². The highest BCUT2D eigenvalue weighted by Gasteiger charge is 2.27. The molecule has 1 rings (SSSR count). The van der Waals surface area contributed by atoms with Crippen molar-refractivity contribution in [1.29, 1.82) is 0 Å². The Labute approximate surface area is 122 Å². The molecule has 0 heterocycles. The van der Waals surface area contributed by atoms with E-state index in [1.54, 1.807) is 0 Å². The predicted molar refractivity (Wildman–Crippen MR) is 78.5 cm³/mol. The maximum absolute atomic E-state index is 12.1. The molecule has 4 nitrogen and oxygen atoms in total. The molecule has 20 heavy (non-hydrogen) atoms. The monoisotopic (exact) mass is 286 g/mol. The first-order valence-corrected chi connectivity index (χ1v) is 7.84. The first kappa shape index (κ1) is 17.4. The summed E-state index contributed by atoms with van der Waals surface area (Å²) in [7, 11) is 0. The van der Waals surface area contributed by atoms with Crippen LogP contribution >= 0.6 is 0 Å². The second-order valence-electron chi connectivity index (χ2n) is 6.83. The summed E-state index contributed by atoms with van der Waals surface area (Å²) in [5.41, 5.74) is -0.479. The van der Waals surface area contributed by atoms with Gasteiger partial charge in [0.2, 0.25) is 0 Å². The number of aliphatic hydroxyl groups is 1. The highest BCUT2D eigenvalue weighted by Crippen LogP contribution is 2.25.